The topological polar surface area (TPSA) is 33.5 Å². The van der Waals surface area contributed by atoms with Crippen LogP contribution in [0, 0.1) is 18.8 Å². The molecule has 0 bridgehead atoms. The van der Waals surface area contributed by atoms with Crippen LogP contribution in [0.25, 0.3) is 72.1 Å². The van der Waals surface area contributed by atoms with Crippen LogP contribution < -0.4 is 14.5 Å². The molecule has 2 aromatic heterocycles. The maximum atomic E-state index is 6.85. The first kappa shape index (κ1) is 52.1. The van der Waals surface area contributed by atoms with Gasteiger partial charge in [0.1, 0.15) is 5.82 Å². The Morgan fingerprint density at radius 1 is 0.436 bits per heavy atom. The van der Waals surface area contributed by atoms with Crippen LogP contribution in [0.2, 0.25) is 0 Å². The quantitative estimate of drug-likeness (QED) is 0.135. The van der Waals surface area contributed by atoms with Crippen LogP contribution in [0.4, 0.5) is 22.7 Å². The van der Waals surface area contributed by atoms with Crippen molar-refractivity contribution in [3.8, 4) is 61.8 Å². The zero-order valence-corrected chi connectivity index (χ0v) is 48.1. The van der Waals surface area contributed by atoms with Crippen molar-refractivity contribution in [1.82, 2.24) is 9.55 Å². The number of fused-ring (bicyclic) bond motifs is 4. The molecular weight excluding hydrogens is 1130 g/mol. The van der Waals surface area contributed by atoms with E-state index < -0.39 is 0 Å². The molecule has 5 nitrogen and oxygen atoms in total. The number of hydrogen-bond donors (Lipinski definition) is 0. The molecule has 0 saturated carbocycles. The molecule has 0 atom stereocenters. The van der Waals surface area contributed by atoms with E-state index in [1.807, 2.05) is 24.4 Å². The number of benzene rings is 9. The molecule has 3 heterocycles. The fourth-order valence-corrected chi connectivity index (χ4v) is 10.8. The van der Waals surface area contributed by atoms with Crippen molar-refractivity contribution < 1.29 is 25.8 Å². The summed E-state index contributed by atoms with van der Waals surface area (Å²) >= 11 is 0. The molecule has 6 heteroatoms. The maximum Gasteiger partial charge on any atom is 0.135 e. The van der Waals surface area contributed by atoms with Crippen LogP contribution in [0.1, 0.15) is 79.0 Å². The van der Waals surface area contributed by atoms with Crippen LogP contribution in [-0.4, -0.2) is 9.55 Å². The molecule has 0 saturated heterocycles. The summed E-state index contributed by atoms with van der Waals surface area (Å²) in [5, 5.41) is 2.18. The van der Waals surface area contributed by atoms with E-state index in [1.165, 1.54) is 22.3 Å². The second-order valence-corrected chi connectivity index (χ2v) is 23.4. The maximum absolute atomic E-state index is 6.85. The standard InChI is InChI=1S/C72H63N4O.Pt/c1-70(2,3)53-39-52(40-54(42-53)71(4,5)6)59-32-22-31-58(49-25-15-11-16-26-49)69(59)75-47-74(65-33-19-20-34-66(65)75)55-29-21-30-56(43-55)77-57-36-37-60-61-41-51(48-23-13-10-14-24-48)35-38-64(61)76(67(60)44-57)68-45-63(72(7,8)9)62(46-73-68)50-27-17-12-18-28-50;/h10-42,45-47H,1-9H3;/q-3;. The summed E-state index contributed by atoms with van der Waals surface area (Å²) in [7, 11) is 0. The van der Waals surface area contributed by atoms with Crippen LogP contribution in [0.3, 0.4) is 0 Å². The fourth-order valence-electron chi connectivity index (χ4n) is 10.8. The first-order valence-corrected chi connectivity index (χ1v) is 26.8. The Bertz CT molecular complexity index is 3960. The van der Waals surface area contributed by atoms with Gasteiger partial charge in [0.25, 0.3) is 0 Å². The molecule has 0 unspecified atom stereocenters. The summed E-state index contributed by atoms with van der Waals surface area (Å²) in [4.78, 5) is 9.82. The van der Waals surface area contributed by atoms with E-state index in [4.69, 9.17) is 9.72 Å². The molecule has 11 aromatic rings. The van der Waals surface area contributed by atoms with Crippen molar-refractivity contribution in [3.05, 3.63) is 248 Å². The zero-order chi connectivity index (χ0) is 53.2. The zero-order valence-electron chi connectivity index (χ0n) is 45.8. The molecule has 0 N–H and O–H groups in total. The average Bonchev–Trinajstić information content (AvgIpc) is 4.03. The van der Waals surface area contributed by atoms with Gasteiger partial charge in [-0.05, 0) is 90.4 Å². The van der Waals surface area contributed by atoms with Gasteiger partial charge in [-0.2, -0.15) is 12.1 Å². The smallest absolute Gasteiger partial charge is 0.135 e. The number of aromatic nitrogens is 2. The first-order valence-electron chi connectivity index (χ1n) is 26.8. The van der Waals surface area contributed by atoms with Gasteiger partial charge in [0.2, 0.25) is 0 Å². The fraction of sp³-hybridized carbons (Fsp3) is 0.167. The molecule has 0 radical (unpaired) electrons. The van der Waals surface area contributed by atoms with E-state index in [0.717, 1.165) is 89.3 Å². The number of nitrogens with zero attached hydrogens (tertiary/aromatic N) is 4. The second kappa shape index (κ2) is 20.4. The van der Waals surface area contributed by atoms with E-state index in [9.17, 15) is 0 Å². The van der Waals surface area contributed by atoms with Crippen LogP contribution in [0.15, 0.2) is 212 Å². The molecule has 0 amide bonds. The SMILES string of the molecule is CC(C)(C)c1cc(-c2cccc(-c3ccccc3)c2N2[CH-]N(c3[c-]c(Oc4[c-]c5c(cc4)c4cc(-c6ccccc6)ccc4n5-c4cc(C(C)(C)C)c(-c5ccccc5)cn4)ccc3)c3ccccc32)cc(C(C)(C)C)c1.[Pt]. The van der Waals surface area contributed by atoms with Crippen molar-refractivity contribution in [3.63, 3.8) is 0 Å². The Balaban J connectivity index is 0.00000645. The van der Waals surface area contributed by atoms with Gasteiger partial charge in [0.05, 0.1) is 0 Å². The predicted octanol–water partition coefficient (Wildman–Crippen LogP) is 19.5. The largest absolute Gasteiger partial charge is 0.509 e. The van der Waals surface area contributed by atoms with Gasteiger partial charge in [-0.1, -0.05) is 219 Å². The molecule has 9 aromatic carbocycles. The predicted molar refractivity (Wildman–Crippen MR) is 322 cm³/mol. The van der Waals surface area contributed by atoms with Gasteiger partial charge in [-0.3, -0.25) is 0 Å². The number of ether oxygens (including phenoxy) is 1. The Morgan fingerprint density at radius 3 is 1.63 bits per heavy atom. The number of para-hydroxylation sites is 3. The van der Waals surface area contributed by atoms with Crippen molar-refractivity contribution in [1.29, 1.82) is 0 Å². The van der Waals surface area contributed by atoms with Crippen LogP contribution in [-0.2, 0) is 37.3 Å². The third-order valence-corrected chi connectivity index (χ3v) is 15.0. The van der Waals surface area contributed by atoms with Gasteiger partial charge in [-0.15, -0.1) is 48.1 Å². The Kier molecular flexibility index (Phi) is 13.6. The van der Waals surface area contributed by atoms with Gasteiger partial charge >= 0.3 is 0 Å². The minimum atomic E-state index is -0.160. The van der Waals surface area contributed by atoms with Crippen LogP contribution >= 0.6 is 0 Å². The third kappa shape index (κ3) is 9.86. The monoisotopic (exact) mass is 1190 g/mol. The van der Waals surface area contributed by atoms with Crippen molar-refractivity contribution >= 4 is 44.6 Å². The van der Waals surface area contributed by atoms with Crippen LogP contribution in [0.5, 0.6) is 11.5 Å². The van der Waals surface area contributed by atoms with E-state index >= 15 is 0 Å². The molecule has 0 spiro atoms. The van der Waals surface area contributed by atoms with E-state index in [-0.39, 0.29) is 37.3 Å². The second-order valence-electron chi connectivity index (χ2n) is 23.4. The number of hydrogen-bond acceptors (Lipinski definition) is 4. The first-order chi connectivity index (χ1) is 37.1. The summed E-state index contributed by atoms with van der Waals surface area (Å²) in [6, 6.07) is 81.1. The molecule has 78 heavy (non-hydrogen) atoms. The van der Waals surface area contributed by atoms with E-state index in [1.54, 1.807) is 0 Å². The minimum absolute atomic E-state index is 0. The van der Waals surface area contributed by atoms with Gasteiger partial charge in [0.15, 0.2) is 0 Å². The Hall–Kier alpha value is -7.98. The summed E-state index contributed by atoms with van der Waals surface area (Å²) in [6.07, 6.45) is 2.03. The molecule has 1 aliphatic rings. The summed E-state index contributed by atoms with van der Waals surface area (Å²) < 4.78 is 9.10. The average molecular weight is 1200 g/mol. The molecule has 0 aliphatic carbocycles. The number of anilines is 4. The molecule has 390 valence electrons. The summed E-state index contributed by atoms with van der Waals surface area (Å²) in [5.74, 6) is 1.98. The van der Waals surface area contributed by atoms with E-state index in [0.29, 0.717) is 11.5 Å². The molecule has 0 fully saturated rings. The minimum Gasteiger partial charge on any atom is -0.509 e. The molecule has 1 aliphatic heterocycles. The van der Waals surface area contributed by atoms with Gasteiger partial charge in [0, 0.05) is 78.0 Å². The molecule has 12 rings (SSSR count). The number of rotatable bonds is 9. The molecular formula is C72H63N4OPt-3. The van der Waals surface area contributed by atoms with Crippen molar-refractivity contribution in [2.45, 2.75) is 78.6 Å². The third-order valence-electron chi connectivity index (χ3n) is 15.0. The van der Waals surface area contributed by atoms with Crippen molar-refractivity contribution in [2.24, 2.45) is 0 Å². The van der Waals surface area contributed by atoms with Gasteiger partial charge in [-0.25, -0.2) is 4.98 Å². The number of pyridine rings is 1. The van der Waals surface area contributed by atoms with Gasteiger partial charge < -0.3 is 19.1 Å². The normalized spacial score (nSPS) is 12.7. The van der Waals surface area contributed by atoms with E-state index in [2.05, 4.69) is 284 Å². The summed E-state index contributed by atoms with van der Waals surface area (Å²) in [5.41, 5.74) is 18.8. The summed E-state index contributed by atoms with van der Waals surface area (Å²) in [6.45, 7) is 22.9. The van der Waals surface area contributed by atoms with Crippen molar-refractivity contribution in [2.75, 3.05) is 9.80 Å². The Morgan fingerprint density at radius 2 is 1.00 bits per heavy atom. The Labute approximate surface area is 475 Å².